The summed E-state index contributed by atoms with van der Waals surface area (Å²) in [6, 6.07) is 0. The highest BCUT2D eigenvalue weighted by molar-refractivity contribution is 9.09. The minimum absolute atomic E-state index is 0.0822. The second kappa shape index (κ2) is 6.55. The van der Waals surface area contributed by atoms with Crippen LogP contribution in [0.4, 0.5) is 13.2 Å². The molecule has 0 N–H and O–H groups in total. The number of carbonyl (C=O) groups excluding carboxylic acids is 1. The van der Waals surface area contributed by atoms with Gasteiger partial charge in [0.05, 0.1) is 5.75 Å². The molecule has 1 amide bonds. The van der Waals surface area contributed by atoms with E-state index in [1.165, 1.54) is 11.8 Å². The number of amides is 1. The van der Waals surface area contributed by atoms with E-state index in [-0.39, 0.29) is 12.3 Å². The first-order valence-electron chi connectivity index (χ1n) is 3.80. The lowest BCUT2D eigenvalue weighted by Gasteiger charge is -2.22. The molecular formula is C7H11BrF3NOS. The second-order valence-electron chi connectivity index (χ2n) is 2.55. The van der Waals surface area contributed by atoms with Crippen molar-refractivity contribution in [1.82, 2.24) is 4.90 Å². The molecule has 0 bridgehead atoms. The molecule has 0 radical (unpaired) electrons. The van der Waals surface area contributed by atoms with Crippen LogP contribution < -0.4 is 0 Å². The zero-order chi connectivity index (χ0) is 11.2. The highest BCUT2D eigenvalue weighted by atomic mass is 79.9. The maximum absolute atomic E-state index is 12.0. The summed E-state index contributed by atoms with van der Waals surface area (Å²) in [5.41, 5.74) is 0. The lowest BCUT2D eigenvalue weighted by atomic mass is 10.4. The van der Waals surface area contributed by atoms with Gasteiger partial charge in [-0.1, -0.05) is 15.9 Å². The Morgan fingerprint density at radius 1 is 1.50 bits per heavy atom. The standard InChI is InChI=1S/C7H11BrF3NOS/c1-14-4-6(13)12(3-2-8)5-7(9,10)11/h2-5H2,1H3. The summed E-state index contributed by atoms with van der Waals surface area (Å²) in [4.78, 5) is 12.0. The molecule has 0 atom stereocenters. The van der Waals surface area contributed by atoms with Gasteiger partial charge in [0.1, 0.15) is 6.54 Å². The third-order valence-corrected chi connectivity index (χ3v) is 2.24. The van der Waals surface area contributed by atoms with Crippen molar-refractivity contribution in [2.75, 3.05) is 30.4 Å². The van der Waals surface area contributed by atoms with Crippen molar-refractivity contribution in [2.45, 2.75) is 6.18 Å². The summed E-state index contributed by atoms with van der Waals surface area (Å²) in [6.07, 6.45) is -2.64. The van der Waals surface area contributed by atoms with E-state index in [2.05, 4.69) is 15.9 Å². The van der Waals surface area contributed by atoms with Crippen LogP contribution in [0.15, 0.2) is 0 Å². The highest BCUT2D eigenvalue weighted by Gasteiger charge is 2.32. The molecule has 0 fully saturated rings. The minimum atomic E-state index is -4.32. The molecule has 0 aromatic carbocycles. The maximum Gasteiger partial charge on any atom is 0.406 e. The summed E-state index contributed by atoms with van der Waals surface area (Å²) in [6.45, 7) is -1.09. The number of rotatable bonds is 5. The lowest BCUT2D eigenvalue weighted by Crippen LogP contribution is -2.41. The third kappa shape index (κ3) is 6.53. The molecule has 14 heavy (non-hydrogen) atoms. The predicted octanol–water partition coefficient (Wildman–Crippen LogP) is 2.14. The number of carbonyl (C=O) groups is 1. The minimum Gasteiger partial charge on any atom is -0.332 e. The van der Waals surface area contributed by atoms with Crippen molar-refractivity contribution in [3.05, 3.63) is 0 Å². The third-order valence-electron chi connectivity index (χ3n) is 1.35. The van der Waals surface area contributed by atoms with Gasteiger partial charge in [0.25, 0.3) is 0 Å². The van der Waals surface area contributed by atoms with E-state index in [9.17, 15) is 18.0 Å². The van der Waals surface area contributed by atoms with Crippen molar-refractivity contribution >= 4 is 33.6 Å². The fourth-order valence-corrected chi connectivity index (χ4v) is 1.68. The van der Waals surface area contributed by atoms with Gasteiger partial charge in [-0.25, -0.2) is 0 Å². The Bertz CT molecular complexity index is 188. The Labute approximate surface area is 93.3 Å². The van der Waals surface area contributed by atoms with E-state index in [0.717, 1.165) is 4.90 Å². The monoisotopic (exact) mass is 293 g/mol. The Balaban J connectivity index is 4.21. The van der Waals surface area contributed by atoms with E-state index in [1.807, 2.05) is 0 Å². The number of thioether (sulfide) groups is 1. The molecule has 0 rings (SSSR count). The molecule has 2 nitrogen and oxygen atoms in total. The van der Waals surface area contributed by atoms with Gasteiger partial charge in [-0.05, 0) is 6.26 Å². The van der Waals surface area contributed by atoms with Gasteiger partial charge in [-0.2, -0.15) is 24.9 Å². The number of hydrogen-bond donors (Lipinski definition) is 0. The average molecular weight is 294 g/mol. The summed E-state index contributed by atoms with van der Waals surface area (Å²) in [5.74, 6) is -0.391. The van der Waals surface area contributed by atoms with Crippen LogP contribution in [0.2, 0.25) is 0 Å². The largest absolute Gasteiger partial charge is 0.406 e. The van der Waals surface area contributed by atoms with Gasteiger partial charge in [0, 0.05) is 11.9 Å². The zero-order valence-corrected chi connectivity index (χ0v) is 10.0. The molecule has 0 saturated carbocycles. The molecular weight excluding hydrogens is 283 g/mol. The summed E-state index contributed by atoms with van der Waals surface area (Å²) in [5, 5.41) is 0.350. The molecule has 0 unspecified atom stereocenters. The molecule has 7 heteroatoms. The van der Waals surface area contributed by atoms with Crippen LogP contribution in [-0.4, -0.2) is 47.4 Å². The molecule has 0 aliphatic carbocycles. The fraction of sp³-hybridized carbons (Fsp3) is 0.857. The first-order valence-corrected chi connectivity index (χ1v) is 6.31. The van der Waals surface area contributed by atoms with Gasteiger partial charge in [-0.3, -0.25) is 4.79 Å². The average Bonchev–Trinajstić information content (AvgIpc) is 2.01. The zero-order valence-electron chi connectivity index (χ0n) is 7.60. The SMILES string of the molecule is CSCC(=O)N(CCBr)CC(F)(F)F. The molecule has 0 heterocycles. The van der Waals surface area contributed by atoms with Gasteiger partial charge in [0.2, 0.25) is 5.91 Å². The number of halogens is 4. The van der Waals surface area contributed by atoms with Crippen LogP contribution >= 0.6 is 27.7 Å². The van der Waals surface area contributed by atoms with Crippen molar-refractivity contribution < 1.29 is 18.0 Å². The van der Waals surface area contributed by atoms with Crippen molar-refractivity contribution in [2.24, 2.45) is 0 Å². The van der Waals surface area contributed by atoms with Gasteiger partial charge in [0.15, 0.2) is 0 Å². The first-order chi connectivity index (χ1) is 6.40. The van der Waals surface area contributed by atoms with E-state index in [1.54, 1.807) is 6.26 Å². The van der Waals surface area contributed by atoms with Crippen LogP contribution in [0.5, 0.6) is 0 Å². The van der Waals surface area contributed by atoms with E-state index < -0.39 is 18.6 Å². The van der Waals surface area contributed by atoms with E-state index in [0.29, 0.717) is 5.33 Å². The van der Waals surface area contributed by atoms with Crippen molar-refractivity contribution in [3.8, 4) is 0 Å². The van der Waals surface area contributed by atoms with E-state index in [4.69, 9.17) is 0 Å². The fourth-order valence-electron chi connectivity index (χ4n) is 0.825. The summed E-state index contributed by atoms with van der Waals surface area (Å²) >= 11 is 4.22. The highest BCUT2D eigenvalue weighted by Crippen LogP contribution is 2.17. The Hall–Kier alpha value is 0.0900. The second-order valence-corrected chi connectivity index (χ2v) is 4.21. The van der Waals surface area contributed by atoms with Crippen LogP contribution in [0.1, 0.15) is 0 Å². The quantitative estimate of drug-likeness (QED) is 0.724. The van der Waals surface area contributed by atoms with Gasteiger partial charge >= 0.3 is 6.18 Å². The van der Waals surface area contributed by atoms with Crippen LogP contribution in [0.3, 0.4) is 0 Å². The predicted molar refractivity (Wildman–Crippen MR) is 54.8 cm³/mol. The topological polar surface area (TPSA) is 20.3 Å². The first kappa shape index (κ1) is 14.1. The van der Waals surface area contributed by atoms with Gasteiger partial charge < -0.3 is 4.90 Å². The molecule has 0 spiro atoms. The normalized spacial score (nSPS) is 11.5. The number of hydrogen-bond acceptors (Lipinski definition) is 2. The number of alkyl halides is 4. The maximum atomic E-state index is 12.0. The molecule has 0 aromatic heterocycles. The summed E-state index contributed by atoms with van der Waals surface area (Å²) < 4.78 is 36.0. The van der Waals surface area contributed by atoms with Crippen LogP contribution in [0.25, 0.3) is 0 Å². The molecule has 0 aromatic rings. The van der Waals surface area contributed by atoms with E-state index >= 15 is 0 Å². The molecule has 0 aliphatic heterocycles. The Morgan fingerprint density at radius 3 is 2.43 bits per heavy atom. The smallest absolute Gasteiger partial charge is 0.332 e. The number of nitrogens with zero attached hydrogens (tertiary/aromatic N) is 1. The molecule has 0 aliphatic rings. The summed E-state index contributed by atoms with van der Waals surface area (Å²) in [7, 11) is 0. The Morgan fingerprint density at radius 2 is 2.07 bits per heavy atom. The Kier molecular flexibility index (Phi) is 6.59. The molecule has 0 saturated heterocycles. The van der Waals surface area contributed by atoms with Crippen molar-refractivity contribution in [1.29, 1.82) is 0 Å². The van der Waals surface area contributed by atoms with Crippen molar-refractivity contribution in [3.63, 3.8) is 0 Å². The van der Waals surface area contributed by atoms with Crippen LogP contribution in [0, 0.1) is 0 Å². The molecule has 84 valence electrons. The lowest BCUT2D eigenvalue weighted by molar-refractivity contribution is -0.158. The van der Waals surface area contributed by atoms with Crippen LogP contribution in [-0.2, 0) is 4.79 Å². The van der Waals surface area contributed by atoms with Gasteiger partial charge in [-0.15, -0.1) is 0 Å².